The third-order valence-corrected chi connectivity index (χ3v) is 2.03. The maximum absolute atomic E-state index is 5.70. The molecule has 0 aliphatic carbocycles. The molecule has 0 bridgehead atoms. The molecule has 1 heterocycles. The molecule has 1 rings (SSSR count). The average molecular weight is 184 g/mol. The minimum atomic E-state index is 0.261. The van der Waals surface area contributed by atoms with E-state index in [0.29, 0.717) is 5.96 Å². The summed E-state index contributed by atoms with van der Waals surface area (Å²) in [6.45, 7) is 6.19. The molecule has 0 aromatic heterocycles. The molecule has 0 aromatic carbocycles. The van der Waals surface area contributed by atoms with E-state index in [1.165, 1.54) is 19.3 Å². The van der Waals surface area contributed by atoms with Gasteiger partial charge < -0.3 is 5.73 Å². The molecule has 3 N–H and O–H groups in total. The van der Waals surface area contributed by atoms with Gasteiger partial charge in [0.2, 0.25) is 5.96 Å². The summed E-state index contributed by atoms with van der Waals surface area (Å²) >= 11 is 0. The van der Waals surface area contributed by atoms with E-state index < -0.39 is 0 Å². The number of nitrogens with zero attached hydrogens (tertiary/aromatic N) is 2. The first-order chi connectivity index (χ1) is 6.18. The van der Waals surface area contributed by atoms with Crippen LogP contribution in [-0.2, 0) is 0 Å². The molecule has 0 atom stereocenters. The number of hydrogen-bond acceptors (Lipinski definition) is 2. The summed E-state index contributed by atoms with van der Waals surface area (Å²) in [4.78, 5) is 4.21. The highest BCUT2D eigenvalue weighted by atomic mass is 15.5. The van der Waals surface area contributed by atoms with Gasteiger partial charge in [-0.2, -0.15) is 0 Å². The van der Waals surface area contributed by atoms with Gasteiger partial charge in [0.25, 0.3) is 0 Å². The number of guanidine groups is 1. The zero-order valence-corrected chi connectivity index (χ0v) is 8.58. The van der Waals surface area contributed by atoms with Crippen molar-refractivity contribution in [2.45, 2.75) is 39.2 Å². The zero-order chi connectivity index (χ0) is 9.68. The summed E-state index contributed by atoms with van der Waals surface area (Å²) in [6, 6.07) is 0.261. The molecule has 0 saturated carbocycles. The van der Waals surface area contributed by atoms with Crippen molar-refractivity contribution < 1.29 is 0 Å². The number of nitrogens with two attached hydrogens (primary N) is 1. The van der Waals surface area contributed by atoms with Crippen LogP contribution in [0.3, 0.4) is 0 Å². The van der Waals surface area contributed by atoms with Crippen LogP contribution >= 0.6 is 0 Å². The fourth-order valence-electron chi connectivity index (χ4n) is 1.47. The van der Waals surface area contributed by atoms with Crippen LogP contribution in [0.1, 0.15) is 33.1 Å². The van der Waals surface area contributed by atoms with Gasteiger partial charge >= 0.3 is 0 Å². The second-order valence-corrected chi connectivity index (χ2v) is 3.77. The lowest BCUT2D eigenvalue weighted by atomic mass is 10.2. The van der Waals surface area contributed by atoms with Crippen LogP contribution < -0.4 is 11.2 Å². The molecule has 0 amide bonds. The van der Waals surface area contributed by atoms with Crippen LogP contribution in [-0.4, -0.2) is 30.1 Å². The molecule has 4 heteroatoms. The minimum Gasteiger partial charge on any atom is -0.369 e. The molecule has 0 spiro atoms. The molecule has 0 unspecified atom stereocenters. The number of hydrogen-bond donors (Lipinski definition) is 2. The van der Waals surface area contributed by atoms with Crippen molar-refractivity contribution in [3.8, 4) is 0 Å². The molecule has 4 nitrogen and oxygen atoms in total. The van der Waals surface area contributed by atoms with Gasteiger partial charge in [-0.3, -0.25) is 5.43 Å². The molecule has 13 heavy (non-hydrogen) atoms. The fraction of sp³-hybridized carbons (Fsp3) is 0.889. The predicted molar refractivity (Wildman–Crippen MR) is 55.3 cm³/mol. The average Bonchev–Trinajstić information content (AvgIpc) is 2.04. The van der Waals surface area contributed by atoms with Gasteiger partial charge in [0.15, 0.2) is 0 Å². The second-order valence-electron chi connectivity index (χ2n) is 3.77. The maximum Gasteiger partial charge on any atom is 0.203 e. The Balaban J connectivity index is 2.29. The van der Waals surface area contributed by atoms with Crippen molar-refractivity contribution in [2.24, 2.45) is 10.7 Å². The molecule has 76 valence electrons. The monoisotopic (exact) mass is 184 g/mol. The van der Waals surface area contributed by atoms with Gasteiger partial charge in [0.05, 0.1) is 0 Å². The molecule has 1 fully saturated rings. The highest BCUT2D eigenvalue weighted by Gasteiger charge is 2.09. The smallest absolute Gasteiger partial charge is 0.203 e. The van der Waals surface area contributed by atoms with Crippen LogP contribution in [0.4, 0.5) is 0 Å². The Kier molecular flexibility index (Phi) is 4.02. The van der Waals surface area contributed by atoms with Crippen LogP contribution in [0.5, 0.6) is 0 Å². The van der Waals surface area contributed by atoms with Crippen molar-refractivity contribution in [3.05, 3.63) is 0 Å². The number of aliphatic imine (C=N–C) groups is 1. The third-order valence-electron chi connectivity index (χ3n) is 2.03. The van der Waals surface area contributed by atoms with Crippen molar-refractivity contribution in [2.75, 3.05) is 13.1 Å². The first kappa shape index (κ1) is 10.3. The molecule has 1 saturated heterocycles. The molecule has 1 aliphatic rings. The summed E-state index contributed by atoms with van der Waals surface area (Å²) in [5.41, 5.74) is 8.81. The van der Waals surface area contributed by atoms with Gasteiger partial charge in [0, 0.05) is 19.1 Å². The fourth-order valence-corrected chi connectivity index (χ4v) is 1.47. The van der Waals surface area contributed by atoms with E-state index >= 15 is 0 Å². The van der Waals surface area contributed by atoms with E-state index in [-0.39, 0.29) is 6.04 Å². The van der Waals surface area contributed by atoms with E-state index in [1.807, 2.05) is 13.8 Å². The number of nitrogens with one attached hydrogen (secondary N) is 1. The summed E-state index contributed by atoms with van der Waals surface area (Å²) in [6.07, 6.45) is 3.84. The molecular formula is C9H20N4. The van der Waals surface area contributed by atoms with Crippen LogP contribution in [0.2, 0.25) is 0 Å². The normalized spacial score (nSPS) is 20.7. The quantitative estimate of drug-likeness (QED) is 0.490. The highest BCUT2D eigenvalue weighted by Crippen LogP contribution is 2.05. The first-order valence-electron chi connectivity index (χ1n) is 5.03. The molecule has 0 aromatic rings. The zero-order valence-electron chi connectivity index (χ0n) is 8.58. The highest BCUT2D eigenvalue weighted by molar-refractivity contribution is 5.77. The number of hydrazine groups is 1. The Hall–Kier alpha value is -0.770. The van der Waals surface area contributed by atoms with Crippen LogP contribution in [0, 0.1) is 0 Å². The molecule has 0 radical (unpaired) electrons. The van der Waals surface area contributed by atoms with E-state index in [9.17, 15) is 0 Å². The van der Waals surface area contributed by atoms with Crippen LogP contribution in [0.15, 0.2) is 4.99 Å². The van der Waals surface area contributed by atoms with E-state index in [0.717, 1.165) is 13.1 Å². The SMILES string of the molecule is CC(C)N=C(N)NN1CCCCC1. The Labute approximate surface area is 80.2 Å². The standard InChI is InChI=1S/C9H20N4/c1-8(2)11-9(10)12-13-6-4-3-5-7-13/h8H,3-7H2,1-2H3,(H3,10,11,12). The van der Waals surface area contributed by atoms with Crippen molar-refractivity contribution in [3.63, 3.8) is 0 Å². The lowest BCUT2D eigenvalue weighted by molar-refractivity contribution is 0.193. The van der Waals surface area contributed by atoms with Gasteiger partial charge in [-0.25, -0.2) is 10.0 Å². The van der Waals surface area contributed by atoms with E-state index in [1.54, 1.807) is 0 Å². The van der Waals surface area contributed by atoms with Gasteiger partial charge in [-0.1, -0.05) is 6.42 Å². The summed E-state index contributed by atoms with van der Waals surface area (Å²) < 4.78 is 0. The van der Waals surface area contributed by atoms with Gasteiger partial charge in [-0.05, 0) is 26.7 Å². The Morgan fingerprint density at radius 3 is 2.46 bits per heavy atom. The topological polar surface area (TPSA) is 53.6 Å². The van der Waals surface area contributed by atoms with E-state index in [4.69, 9.17) is 5.73 Å². The minimum absolute atomic E-state index is 0.261. The second kappa shape index (κ2) is 5.07. The molecular weight excluding hydrogens is 164 g/mol. The van der Waals surface area contributed by atoms with Crippen molar-refractivity contribution in [1.29, 1.82) is 0 Å². The third kappa shape index (κ3) is 4.12. The maximum atomic E-state index is 5.70. The molecule has 1 aliphatic heterocycles. The lowest BCUT2D eigenvalue weighted by Crippen LogP contribution is -2.48. The Bertz CT molecular complexity index is 170. The lowest BCUT2D eigenvalue weighted by Gasteiger charge is -2.27. The summed E-state index contributed by atoms with van der Waals surface area (Å²) in [7, 11) is 0. The predicted octanol–water partition coefficient (Wildman–Crippen LogP) is 0.700. The Morgan fingerprint density at radius 1 is 1.31 bits per heavy atom. The van der Waals surface area contributed by atoms with Gasteiger partial charge in [0.1, 0.15) is 0 Å². The van der Waals surface area contributed by atoms with Gasteiger partial charge in [-0.15, -0.1) is 0 Å². The number of rotatable bonds is 2. The largest absolute Gasteiger partial charge is 0.369 e. The van der Waals surface area contributed by atoms with Crippen molar-refractivity contribution in [1.82, 2.24) is 10.4 Å². The van der Waals surface area contributed by atoms with E-state index in [2.05, 4.69) is 15.4 Å². The van der Waals surface area contributed by atoms with Crippen LogP contribution in [0.25, 0.3) is 0 Å². The van der Waals surface area contributed by atoms with Crippen molar-refractivity contribution >= 4 is 5.96 Å². The Morgan fingerprint density at radius 2 is 1.92 bits per heavy atom. The summed E-state index contributed by atoms with van der Waals surface area (Å²) in [5, 5.41) is 2.14. The first-order valence-corrected chi connectivity index (χ1v) is 5.03. The number of piperidine rings is 1. The summed E-state index contributed by atoms with van der Waals surface area (Å²) in [5.74, 6) is 0.539.